The van der Waals surface area contributed by atoms with Gasteiger partial charge in [0.2, 0.25) is 5.95 Å². The molecule has 0 fully saturated rings. The largest absolute Gasteiger partial charge is 0.384 e. The smallest absolute Gasteiger partial charge is 0.229 e. The summed E-state index contributed by atoms with van der Waals surface area (Å²) in [5.74, 6) is 0.937. The SMILES string of the molecule is Nc1cc(-c2ccccc2)nc(Nc2ccccc2)n1. The summed E-state index contributed by atoms with van der Waals surface area (Å²) in [4.78, 5) is 8.71. The summed E-state index contributed by atoms with van der Waals surface area (Å²) in [6.45, 7) is 0. The molecule has 0 aliphatic rings. The minimum absolute atomic E-state index is 0.442. The quantitative estimate of drug-likeness (QED) is 0.758. The maximum atomic E-state index is 5.86. The molecule has 0 atom stereocenters. The van der Waals surface area contributed by atoms with Crippen molar-refractivity contribution in [2.75, 3.05) is 11.1 Å². The summed E-state index contributed by atoms with van der Waals surface area (Å²) >= 11 is 0. The van der Waals surface area contributed by atoms with E-state index in [9.17, 15) is 0 Å². The first-order valence-electron chi connectivity index (χ1n) is 6.33. The molecule has 0 saturated carbocycles. The molecule has 2 aromatic carbocycles. The fraction of sp³-hybridized carbons (Fsp3) is 0. The highest BCUT2D eigenvalue weighted by Crippen LogP contribution is 2.21. The Morgan fingerprint density at radius 3 is 2.15 bits per heavy atom. The summed E-state index contributed by atoms with van der Waals surface area (Å²) < 4.78 is 0. The van der Waals surface area contributed by atoms with Crippen LogP contribution in [0.2, 0.25) is 0 Å². The van der Waals surface area contributed by atoms with Crippen LogP contribution in [0.1, 0.15) is 0 Å². The van der Waals surface area contributed by atoms with Crippen molar-refractivity contribution in [3.8, 4) is 11.3 Å². The Labute approximate surface area is 117 Å². The summed E-state index contributed by atoms with van der Waals surface area (Å²) in [5, 5.41) is 3.15. The van der Waals surface area contributed by atoms with E-state index in [2.05, 4.69) is 15.3 Å². The van der Waals surface area contributed by atoms with Gasteiger partial charge in [0.05, 0.1) is 5.69 Å². The van der Waals surface area contributed by atoms with E-state index in [1.54, 1.807) is 6.07 Å². The number of hydrogen-bond donors (Lipinski definition) is 2. The van der Waals surface area contributed by atoms with Crippen molar-refractivity contribution < 1.29 is 0 Å². The molecule has 3 N–H and O–H groups in total. The van der Waals surface area contributed by atoms with Gasteiger partial charge in [-0.25, -0.2) is 4.98 Å². The molecule has 0 saturated heterocycles. The maximum Gasteiger partial charge on any atom is 0.229 e. The van der Waals surface area contributed by atoms with Crippen LogP contribution in [0.25, 0.3) is 11.3 Å². The van der Waals surface area contributed by atoms with Crippen molar-refractivity contribution in [1.82, 2.24) is 9.97 Å². The number of nitrogens with two attached hydrogens (primary N) is 1. The van der Waals surface area contributed by atoms with Gasteiger partial charge in [-0.15, -0.1) is 0 Å². The van der Waals surface area contributed by atoms with Crippen molar-refractivity contribution in [2.45, 2.75) is 0 Å². The van der Waals surface area contributed by atoms with Gasteiger partial charge in [-0.05, 0) is 12.1 Å². The number of nitrogen functional groups attached to an aromatic ring is 1. The van der Waals surface area contributed by atoms with Crippen LogP contribution < -0.4 is 11.1 Å². The van der Waals surface area contributed by atoms with E-state index < -0.39 is 0 Å². The minimum Gasteiger partial charge on any atom is -0.384 e. The molecule has 0 bridgehead atoms. The Hall–Kier alpha value is -2.88. The zero-order valence-electron chi connectivity index (χ0n) is 10.8. The lowest BCUT2D eigenvalue weighted by atomic mass is 10.1. The van der Waals surface area contributed by atoms with Crippen LogP contribution in [-0.2, 0) is 0 Å². The Morgan fingerprint density at radius 1 is 0.800 bits per heavy atom. The van der Waals surface area contributed by atoms with Gasteiger partial charge >= 0.3 is 0 Å². The highest BCUT2D eigenvalue weighted by molar-refractivity contribution is 5.65. The van der Waals surface area contributed by atoms with Crippen molar-refractivity contribution in [3.05, 3.63) is 66.7 Å². The first-order chi connectivity index (χ1) is 9.81. The number of rotatable bonds is 3. The molecule has 3 rings (SSSR count). The molecule has 0 aliphatic carbocycles. The lowest BCUT2D eigenvalue weighted by Crippen LogP contribution is -2.01. The van der Waals surface area contributed by atoms with Crippen LogP contribution in [0.15, 0.2) is 66.7 Å². The van der Waals surface area contributed by atoms with Crippen LogP contribution in [0.3, 0.4) is 0 Å². The highest BCUT2D eigenvalue weighted by atomic mass is 15.1. The second-order valence-corrected chi connectivity index (χ2v) is 4.36. The highest BCUT2D eigenvalue weighted by Gasteiger charge is 2.05. The van der Waals surface area contributed by atoms with Gasteiger partial charge < -0.3 is 11.1 Å². The molecule has 1 aromatic heterocycles. The van der Waals surface area contributed by atoms with Crippen molar-refractivity contribution in [2.24, 2.45) is 0 Å². The predicted octanol–water partition coefficient (Wildman–Crippen LogP) is 3.47. The lowest BCUT2D eigenvalue weighted by Gasteiger charge is -2.08. The van der Waals surface area contributed by atoms with Gasteiger partial charge in [-0.2, -0.15) is 4.98 Å². The van der Waals surface area contributed by atoms with Gasteiger partial charge in [0.1, 0.15) is 5.82 Å². The molecule has 0 spiro atoms. The van der Waals surface area contributed by atoms with E-state index >= 15 is 0 Å². The van der Waals surface area contributed by atoms with E-state index in [1.807, 2.05) is 60.7 Å². The summed E-state index contributed by atoms with van der Waals surface area (Å²) in [5.41, 5.74) is 8.60. The van der Waals surface area contributed by atoms with E-state index in [1.165, 1.54) is 0 Å². The molecule has 3 aromatic rings. The van der Waals surface area contributed by atoms with Crippen LogP contribution in [0.5, 0.6) is 0 Å². The third-order valence-electron chi connectivity index (χ3n) is 2.85. The van der Waals surface area contributed by atoms with E-state index in [-0.39, 0.29) is 0 Å². The molecule has 98 valence electrons. The van der Waals surface area contributed by atoms with Crippen LogP contribution >= 0.6 is 0 Å². The Kier molecular flexibility index (Phi) is 3.29. The third-order valence-corrected chi connectivity index (χ3v) is 2.85. The molecule has 0 radical (unpaired) electrons. The van der Waals surface area contributed by atoms with E-state index in [0.29, 0.717) is 11.8 Å². The number of anilines is 3. The number of nitrogens with one attached hydrogen (secondary N) is 1. The monoisotopic (exact) mass is 262 g/mol. The topological polar surface area (TPSA) is 63.8 Å². The molecule has 4 heteroatoms. The fourth-order valence-electron chi connectivity index (χ4n) is 1.93. The second-order valence-electron chi connectivity index (χ2n) is 4.36. The number of aromatic nitrogens is 2. The lowest BCUT2D eigenvalue weighted by molar-refractivity contribution is 1.18. The van der Waals surface area contributed by atoms with Gasteiger partial charge in [0.25, 0.3) is 0 Å². The number of para-hydroxylation sites is 1. The standard InChI is InChI=1S/C16H14N4/c17-15-11-14(12-7-3-1-4-8-12)19-16(20-15)18-13-9-5-2-6-10-13/h1-11H,(H3,17,18,19,20). The van der Waals surface area contributed by atoms with E-state index in [4.69, 9.17) is 5.73 Å². The first-order valence-corrected chi connectivity index (χ1v) is 6.33. The molecule has 0 aliphatic heterocycles. The van der Waals surface area contributed by atoms with Crippen LogP contribution in [-0.4, -0.2) is 9.97 Å². The zero-order valence-corrected chi connectivity index (χ0v) is 10.8. The van der Waals surface area contributed by atoms with Crippen LogP contribution in [0.4, 0.5) is 17.5 Å². The van der Waals surface area contributed by atoms with Gasteiger partial charge in [-0.3, -0.25) is 0 Å². The van der Waals surface area contributed by atoms with Gasteiger partial charge in [-0.1, -0.05) is 48.5 Å². The summed E-state index contributed by atoms with van der Waals surface area (Å²) in [7, 11) is 0. The van der Waals surface area contributed by atoms with E-state index in [0.717, 1.165) is 16.9 Å². The van der Waals surface area contributed by atoms with Crippen molar-refractivity contribution in [3.63, 3.8) is 0 Å². The number of benzene rings is 2. The number of nitrogens with zero attached hydrogens (tertiary/aromatic N) is 2. The molecular formula is C16H14N4. The normalized spacial score (nSPS) is 10.2. The van der Waals surface area contributed by atoms with Crippen molar-refractivity contribution >= 4 is 17.5 Å². The summed E-state index contributed by atoms with van der Waals surface area (Å²) in [6.07, 6.45) is 0. The minimum atomic E-state index is 0.442. The van der Waals surface area contributed by atoms with Gasteiger partial charge in [0, 0.05) is 17.3 Å². The molecule has 1 heterocycles. The fourth-order valence-corrected chi connectivity index (χ4v) is 1.93. The molecule has 0 amide bonds. The Morgan fingerprint density at radius 2 is 1.45 bits per heavy atom. The average Bonchev–Trinajstić information content (AvgIpc) is 2.49. The third kappa shape index (κ3) is 2.75. The first kappa shape index (κ1) is 12.2. The molecule has 4 nitrogen and oxygen atoms in total. The van der Waals surface area contributed by atoms with Gasteiger partial charge in [0.15, 0.2) is 0 Å². The summed E-state index contributed by atoms with van der Waals surface area (Å²) in [6, 6.07) is 21.4. The molecular weight excluding hydrogens is 248 g/mol. The Bertz CT molecular complexity index is 696. The maximum absolute atomic E-state index is 5.86. The number of hydrogen-bond acceptors (Lipinski definition) is 4. The van der Waals surface area contributed by atoms with Crippen LogP contribution in [0, 0.1) is 0 Å². The average molecular weight is 262 g/mol. The second kappa shape index (κ2) is 5.40. The molecule has 20 heavy (non-hydrogen) atoms. The zero-order chi connectivity index (χ0) is 13.8. The molecule has 0 unspecified atom stereocenters. The van der Waals surface area contributed by atoms with Crippen molar-refractivity contribution in [1.29, 1.82) is 0 Å². The predicted molar refractivity (Wildman–Crippen MR) is 81.6 cm³/mol. The Balaban J connectivity index is 1.95.